The second-order valence-corrected chi connectivity index (χ2v) is 6.46. The van der Waals surface area contributed by atoms with E-state index in [2.05, 4.69) is 10.3 Å². The number of amides is 2. The maximum atomic E-state index is 13.4. The number of aromatic nitrogens is 1. The predicted molar refractivity (Wildman–Crippen MR) is 73.6 cm³/mol. The van der Waals surface area contributed by atoms with Crippen LogP contribution in [0, 0.1) is 0 Å². The van der Waals surface area contributed by atoms with Crippen LogP contribution in [0.2, 0.25) is 0 Å². The Balaban J connectivity index is 1.72. The number of hydrogen-bond donors (Lipinski definition) is 1. The largest absolute Gasteiger partial charge is 0.411 e. The van der Waals surface area contributed by atoms with Crippen LogP contribution in [0.5, 0.6) is 0 Å². The van der Waals surface area contributed by atoms with Crippen LogP contribution in [-0.2, 0) is 17.7 Å². The molecule has 22 heavy (non-hydrogen) atoms. The number of carbonyl (C=O) groups is 1. The number of ether oxygens (including phenoxy) is 1. The second-order valence-electron chi connectivity index (χ2n) is 5.52. The van der Waals surface area contributed by atoms with Gasteiger partial charge in [0.05, 0.1) is 17.7 Å². The Labute approximate surface area is 129 Å². The fraction of sp³-hybridized carbons (Fsp3) is 0.692. The van der Waals surface area contributed by atoms with Crippen molar-refractivity contribution >= 4 is 17.4 Å². The Morgan fingerprint density at radius 1 is 1.41 bits per heavy atom. The van der Waals surface area contributed by atoms with Gasteiger partial charge >= 0.3 is 12.2 Å². The number of thiazole rings is 1. The van der Waals surface area contributed by atoms with Crippen molar-refractivity contribution in [2.75, 3.05) is 19.8 Å². The Morgan fingerprint density at radius 2 is 2.14 bits per heavy atom. The van der Waals surface area contributed by atoms with Gasteiger partial charge in [0.25, 0.3) is 0 Å². The molecule has 0 aliphatic carbocycles. The Hall–Kier alpha value is -1.35. The first-order valence-corrected chi connectivity index (χ1v) is 7.92. The lowest BCUT2D eigenvalue weighted by Crippen LogP contribution is -2.63. The molecular formula is C13H16F3N3O2S. The standard InChI is InChI=1S/C13H16F3N3O2S/c14-13(15,16)12(2-5-21-6-3-12)18-11(20)19-4-1-9-10(7-19)22-8-17-9/h8H,1-7H2,(H,18,20). The van der Waals surface area contributed by atoms with E-state index in [9.17, 15) is 18.0 Å². The summed E-state index contributed by atoms with van der Waals surface area (Å²) >= 11 is 1.42. The minimum absolute atomic E-state index is 0.00121. The molecule has 1 N–H and O–H groups in total. The van der Waals surface area contributed by atoms with Gasteiger partial charge in [-0.3, -0.25) is 0 Å². The molecule has 0 aromatic carbocycles. The highest BCUT2D eigenvalue weighted by atomic mass is 32.1. The van der Waals surface area contributed by atoms with Crippen LogP contribution in [0.4, 0.5) is 18.0 Å². The number of hydrogen-bond acceptors (Lipinski definition) is 4. The monoisotopic (exact) mass is 335 g/mol. The van der Waals surface area contributed by atoms with Gasteiger partial charge in [-0.05, 0) is 0 Å². The molecule has 5 nitrogen and oxygen atoms in total. The van der Waals surface area contributed by atoms with Crippen LogP contribution in [0.15, 0.2) is 5.51 Å². The lowest BCUT2D eigenvalue weighted by atomic mass is 9.89. The minimum Gasteiger partial charge on any atom is -0.381 e. The van der Waals surface area contributed by atoms with E-state index in [0.29, 0.717) is 19.5 Å². The van der Waals surface area contributed by atoms with Gasteiger partial charge in [-0.25, -0.2) is 9.78 Å². The van der Waals surface area contributed by atoms with E-state index in [1.165, 1.54) is 16.2 Å². The summed E-state index contributed by atoms with van der Waals surface area (Å²) in [7, 11) is 0. The quantitative estimate of drug-likeness (QED) is 0.857. The molecule has 1 aromatic rings. The van der Waals surface area contributed by atoms with Gasteiger partial charge in [0, 0.05) is 43.9 Å². The molecule has 0 radical (unpaired) electrons. The topological polar surface area (TPSA) is 54.5 Å². The molecule has 2 aliphatic heterocycles. The Bertz CT molecular complexity index is 555. The SMILES string of the molecule is O=C(NC1(C(F)(F)F)CCOCC1)N1CCc2ncsc2C1. The molecule has 0 spiro atoms. The summed E-state index contributed by atoms with van der Waals surface area (Å²) in [6.45, 7) is 0.695. The summed E-state index contributed by atoms with van der Waals surface area (Å²) in [5, 5.41) is 2.23. The molecule has 9 heteroatoms. The molecule has 0 bridgehead atoms. The lowest BCUT2D eigenvalue weighted by Gasteiger charge is -2.41. The third-order valence-corrected chi connectivity index (χ3v) is 5.06. The van der Waals surface area contributed by atoms with Crippen molar-refractivity contribution in [1.82, 2.24) is 15.2 Å². The molecule has 1 fully saturated rings. The van der Waals surface area contributed by atoms with Crippen LogP contribution in [-0.4, -0.2) is 47.4 Å². The van der Waals surface area contributed by atoms with Gasteiger partial charge in [0.1, 0.15) is 5.54 Å². The molecule has 2 aliphatic rings. The highest BCUT2D eigenvalue weighted by molar-refractivity contribution is 7.09. The maximum Gasteiger partial charge on any atom is 0.411 e. The zero-order valence-corrected chi connectivity index (χ0v) is 12.6. The van der Waals surface area contributed by atoms with Crippen molar-refractivity contribution in [3.63, 3.8) is 0 Å². The van der Waals surface area contributed by atoms with Gasteiger partial charge in [0.2, 0.25) is 0 Å². The Kier molecular flexibility index (Phi) is 4.02. The zero-order chi connectivity index (χ0) is 15.8. The van der Waals surface area contributed by atoms with Gasteiger partial charge in [-0.1, -0.05) is 0 Å². The number of urea groups is 1. The third-order valence-electron chi connectivity index (χ3n) is 4.20. The number of carbonyl (C=O) groups excluding carboxylic acids is 1. The van der Waals surface area contributed by atoms with Crippen molar-refractivity contribution in [1.29, 1.82) is 0 Å². The first kappa shape index (κ1) is 15.5. The fourth-order valence-electron chi connectivity index (χ4n) is 2.78. The van der Waals surface area contributed by atoms with Crippen LogP contribution >= 0.6 is 11.3 Å². The van der Waals surface area contributed by atoms with E-state index < -0.39 is 17.7 Å². The summed E-state index contributed by atoms with van der Waals surface area (Å²) in [6, 6.07) is -0.668. The number of alkyl halides is 3. The smallest absolute Gasteiger partial charge is 0.381 e. The molecule has 3 rings (SSSR count). The van der Waals surface area contributed by atoms with Gasteiger partial charge in [-0.2, -0.15) is 13.2 Å². The summed E-state index contributed by atoms with van der Waals surface area (Å²) in [6.07, 6.45) is -4.41. The summed E-state index contributed by atoms with van der Waals surface area (Å²) < 4.78 is 45.3. The maximum absolute atomic E-state index is 13.4. The third kappa shape index (κ3) is 2.79. The predicted octanol–water partition coefficient (Wildman–Crippen LogP) is 2.32. The number of nitrogens with one attached hydrogen (secondary N) is 1. The van der Waals surface area contributed by atoms with Crippen molar-refractivity contribution in [3.8, 4) is 0 Å². The van der Waals surface area contributed by atoms with E-state index in [1.807, 2.05) is 0 Å². The molecule has 0 unspecified atom stereocenters. The van der Waals surface area contributed by atoms with Crippen molar-refractivity contribution in [2.45, 2.75) is 37.5 Å². The first-order chi connectivity index (χ1) is 10.4. The second kappa shape index (κ2) is 5.69. The number of nitrogens with zero attached hydrogens (tertiary/aromatic N) is 2. The van der Waals surface area contributed by atoms with Crippen LogP contribution in [0.1, 0.15) is 23.4 Å². The highest BCUT2D eigenvalue weighted by Crippen LogP contribution is 2.38. The molecular weight excluding hydrogens is 319 g/mol. The molecule has 1 aromatic heterocycles. The van der Waals surface area contributed by atoms with E-state index in [0.717, 1.165) is 10.6 Å². The Morgan fingerprint density at radius 3 is 2.82 bits per heavy atom. The summed E-state index contributed by atoms with van der Waals surface area (Å²) in [5.41, 5.74) is 0.448. The first-order valence-electron chi connectivity index (χ1n) is 7.04. The molecule has 0 atom stereocenters. The van der Waals surface area contributed by atoms with Crippen LogP contribution in [0.3, 0.4) is 0 Å². The van der Waals surface area contributed by atoms with E-state index in [1.54, 1.807) is 5.51 Å². The minimum atomic E-state index is -4.49. The number of halogens is 3. The normalized spacial score (nSPS) is 21.3. The fourth-order valence-corrected chi connectivity index (χ4v) is 3.60. The van der Waals surface area contributed by atoms with Crippen LogP contribution in [0.25, 0.3) is 0 Å². The van der Waals surface area contributed by atoms with Crippen molar-refractivity contribution in [2.24, 2.45) is 0 Å². The molecule has 122 valence electrons. The molecule has 3 heterocycles. The van der Waals surface area contributed by atoms with Gasteiger partial charge < -0.3 is 15.0 Å². The summed E-state index contributed by atoms with van der Waals surface area (Å²) in [5.74, 6) is 0. The number of fused-ring (bicyclic) bond motifs is 1. The number of rotatable bonds is 1. The molecule has 0 saturated carbocycles. The van der Waals surface area contributed by atoms with Crippen LogP contribution < -0.4 is 5.32 Å². The van der Waals surface area contributed by atoms with E-state index >= 15 is 0 Å². The molecule has 1 saturated heterocycles. The van der Waals surface area contributed by atoms with E-state index in [4.69, 9.17) is 4.74 Å². The molecule has 2 amide bonds. The van der Waals surface area contributed by atoms with Crippen molar-refractivity contribution in [3.05, 3.63) is 16.1 Å². The highest BCUT2D eigenvalue weighted by Gasteiger charge is 2.56. The van der Waals surface area contributed by atoms with Crippen molar-refractivity contribution < 1.29 is 22.7 Å². The van der Waals surface area contributed by atoms with Gasteiger partial charge in [-0.15, -0.1) is 11.3 Å². The average molecular weight is 335 g/mol. The average Bonchev–Trinajstić information content (AvgIpc) is 2.94. The lowest BCUT2D eigenvalue weighted by molar-refractivity contribution is -0.213. The zero-order valence-electron chi connectivity index (χ0n) is 11.8. The van der Waals surface area contributed by atoms with Gasteiger partial charge in [0.15, 0.2) is 0 Å². The summed E-state index contributed by atoms with van der Waals surface area (Å²) in [4.78, 5) is 18.9. The van der Waals surface area contributed by atoms with E-state index in [-0.39, 0.29) is 26.1 Å².